The van der Waals surface area contributed by atoms with Crippen molar-refractivity contribution in [3.05, 3.63) is 278 Å². The molecule has 19 aromatic rings. The zero-order valence-corrected chi connectivity index (χ0v) is 47.3. The third kappa shape index (κ3) is 6.62. The summed E-state index contributed by atoms with van der Waals surface area (Å²) in [6.07, 6.45) is 0. The first-order chi connectivity index (χ1) is 50.3. The average molecular weight is 1170 g/mol. The Hall–Kier alpha value is -11.5. The van der Waals surface area contributed by atoms with Gasteiger partial charge in [-0.3, -0.25) is 0 Å². The zero-order valence-electron chi connectivity index (χ0n) is 61.7. The Balaban J connectivity index is 1.18. The van der Waals surface area contributed by atoms with E-state index >= 15 is 0 Å². The number of nitriles is 2. The van der Waals surface area contributed by atoms with Crippen molar-refractivity contribution < 1.29 is 21.9 Å². The maximum absolute atomic E-state index is 13.5. The molecule has 6 nitrogen and oxygen atoms in total. The van der Waals surface area contributed by atoms with E-state index in [4.69, 9.17) is 0 Å². The summed E-state index contributed by atoms with van der Waals surface area (Å²) >= 11 is 2.87. The minimum Gasteiger partial charge on any atom is -0.306 e. The fourth-order valence-electron chi connectivity index (χ4n) is 13.7. The third-order valence-electron chi connectivity index (χ3n) is 17.3. The fourth-order valence-corrected chi connectivity index (χ4v) is 16.2. The van der Waals surface area contributed by atoms with Gasteiger partial charge in [-0.2, -0.15) is 10.5 Å². The molecule has 0 radical (unpaired) electrons. The number of rotatable bonds is 6. The number of thiophene rings is 2. The maximum atomic E-state index is 13.5. The zero-order chi connectivity index (χ0) is 71.8. The van der Waals surface area contributed by atoms with Crippen LogP contribution in [-0.4, -0.2) is 18.3 Å². The molecule has 0 aliphatic carbocycles. The van der Waals surface area contributed by atoms with Gasteiger partial charge in [0.2, 0.25) is 0 Å². The molecule has 8 heteroatoms. The van der Waals surface area contributed by atoms with Crippen LogP contribution in [-0.2, 0) is 0 Å². The number of hydrogen-bond acceptors (Lipinski definition) is 4. The first kappa shape index (κ1) is 35.7. The van der Waals surface area contributed by atoms with E-state index in [0.29, 0.717) is 53.0 Å². The van der Waals surface area contributed by atoms with Gasteiger partial charge in [-0.05, 0) is 82.8 Å². The summed E-state index contributed by atoms with van der Waals surface area (Å²) in [7, 11) is 0. The Kier molecular flexibility index (Phi) is 7.50. The van der Waals surface area contributed by atoms with Gasteiger partial charge in [-0.15, -0.1) is 22.7 Å². The average Bonchev–Trinajstić information content (AvgIpc) is 1.48. The first-order valence-electron chi connectivity index (χ1n) is 36.2. The number of aromatic nitrogens is 4. The van der Waals surface area contributed by atoms with Gasteiger partial charge < -0.3 is 18.3 Å². The van der Waals surface area contributed by atoms with E-state index in [1.54, 1.807) is 9.13 Å². The van der Waals surface area contributed by atoms with Crippen LogP contribution >= 0.6 is 22.7 Å². The Morgan fingerprint density at radius 2 is 0.625 bits per heavy atom. The molecule has 0 saturated carbocycles. The second kappa shape index (κ2) is 18.5. The lowest BCUT2D eigenvalue weighted by Gasteiger charge is -2.27. The minimum absolute atomic E-state index is 0.241. The summed E-state index contributed by atoms with van der Waals surface area (Å²) in [4.78, 5) is 0. The van der Waals surface area contributed by atoms with Crippen LogP contribution < -0.4 is 0 Å². The van der Waals surface area contributed by atoms with Crippen molar-refractivity contribution in [3.63, 3.8) is 0 Å². The second-order valence-corrected chi connectivity index (χ2v) is 23.8. The molecular formula is C80H44N6S2. The highest BCUT2D eigenvalue weighted by molar-refractivity contribution is 7.27. The molecule has 19 rings (SSSR count). The van der Waals surface area contributed by atoms with Crippen LogP contribution in [0.15, 0.2) is 267 Å². The van der Waals surface area contributed by atoms with Gasteiger partial charge >= 0.3 is 0 Å². The third-order valence-corrected chi connectivity index (χ3v) is 19.7. The van der Waals surface area contributed by atoms with Crippen LogP contribution in [0.4, 0.5) is 0 Å². The van der Waals surface area contributed by atoms with Gasteiger partial charge in [0.1, 0.15) is 23.3 Å². The molecule has 6 heterocycles. The summed E-state index contributed by atoms with van der Waals surface area (Å²) in [5, 5.41) is 31.3. The smallest absolute Gasteiger partial charge is 0.104 e. The monoisotopic (exact) mass is 1170 g/mol. The quantitative estimate of drug-likeness (QED) is 0.166. The van der Waals surface area contributed by atoms with Gasteiger partial charge in [-0.25, -0.2) is 0 Å². The molecule has 0 bridgehead atoms. The van der Waals surface area contributed by atoms with Crippen LogP contribution in [0.5, 0.6) is 0 Å². The van der Waals surface area contributed by atoms with E-state index in [9.17, 15) is 32.5 Å². The largest absolute Gasteiger partial charge is 0.306 e. The van der Waals surface area contributed by atoms with E-state index in [1.165, 1.54) is 31.8 Å². The van der Waals surface area contributed by atoms with E-state index in [1.807, 2.05) is 170 Å². The maximum Gasteiger partial charge on any atom is 0.104 e. The van der Waals surface area contributed by atoms with Crippen molar-refractivity contribution in [2.75, 3.05) is 0 Å². The molecule has 6 aromatic heterocycles. The highest BCUT2D eigenvalue weighted by atomic mass is 32.1. The predicted octanol–water partition coefficient (Wildman–Crippen LogP) is 21.9. The Morgan fingerprint density at radius 1 is 0.284 bits per heavy atom. The highest BCUT2D eigenvalue weighted by Crippen LogP contribution is 2.52. The molecule has 13 aromatic carbocycles. The van der Waals surface area contributed by atoms with E-state index < -0.39 is 130 Å². The first-order valence-corrected chi connectivity index (χ1v) is 29.9. The van der Waals surface area contributed by atoms with Crippen molar-refractivity contribution in [2.45, 2.75) is 0 Å². The number of fused-ring (bicyclic) bond motifs is 20. The highest BCUT2D eigenvalue weighted by Gasteiger charge is 2.36. The van der Waals surface area contributed by atoms with Crippen LogP contribution in [0.25, 0.3) is 173 Å². The van der Waals surface area contributed by atoms with E-state index in [-0.39, 0.29) is 44.3 Å². The molecule has 0 spiro atoms. The number of nitrogens with zero attached hydrogens (tertiary/aromatic N) is 6. The Morgan fingerprint density at radius 3 is 1.01 bits per heavy atom. The van der Waals surface area contributed by atoms with E-state index in [2.05, 4.69) is 12.1 Å². The van der Waals surface area contributed by atoms with Gasteiger partial charge in [0.25, 0.3) is 0 Å². The summed E-state index contributed by atoms with van der Waals surface area (Å²) in [6, 6.07) is 47.9. The lowest BCUT2D eigenvalue weighted by Crippen LogP contribution is -2.16. The molecule has 0 N–H and O–H groups in total. The topological polar surface area (TPSA) is 67.3 Å². The van der Waals surface area contributed by atoms with Crippen molar-refractivity contribution in [3.8, 4) is 57.1 Å². The van der Waals surface area contributed by atoms with Crippen LogP contribution in [0.3, 0.4) is 0 Å². The Labute approximate surface area is 533 Å². The summed E-state index contributed by atoms with van der Waals surface area (Å²) in [5.74, 6) is 0. The molecule has 0 aliphatic rings. The SMILES string of the molecule is [2H]c1c([2H])c([2H])c2c(c1[2H])c1c([2H])c([2H])c([2H])c([2H])c1n2-c1c(C#N)c(-n2c3ccc(-c4ccccc4)cc3c3ccc4c5ccccc5sc4c32)c(-n2c3c([2H])c([2H])c([2H])c([2H])c3c3c([2H])c([2H])c([2H])c([2H])c32)c(C#N)c1-n1c2ccc(-c3ccccc3)cc2c2ccc3c4ccccc4sc3c21. The molecule has 406 valence electrons. The van der Waals surface area contributed by atoms with Gasteiger partial charge in [0, 0.05) is 74.0 Å². The molecule has 88 heavy (non-hydrogen) atoms. The Bertz CT molecular complexity index is 6750. The summed E-state index contributed by atoms with van der Waals surface area (Å²) < 4.78 is 165. The van der Waals surface area contributed by atoms with Crippen molar-refractivity contribution >= 4 is 150 Å². The van der Waals surface area contributed by atoms with Gasteiger partial charge in [0.15, 0.2) is 0 Å². The molecule has 0 saturated heterocycles. The van der Waals surface area contributed by atoms with Gasteiger partial charge in [-0.1, -0.05) is 206 Å². The lowest BCUT2D eigenvalue weighted by molar-refractivity contribution is 1.03. The molecule has 0 atom stereocenters. The minimum atomic E-state index is -0.770. The van der Waals surface area contributed by atoms with E-state index in [0.717, 1.165) is 53.2 Å². The number of benzene rings is 13. The van der Waals surface area contributed by atoms with Crippen molar-refractivity contribution in [2.24, 2.45) is 0 Å². The lowest BCUT2D eigenvalue weighted by atomic mass is 9.98. The standard InChI is InChI=1S/C80H44N6S2/c81-45-63-74(84-67-31-15-9-25-53(67)54-26-10-16-32-68(54)84)76(86-70-42-36-50(48-21-5-2-6-22-48)44-62(70)58-38-40-60-56-28-12-18-34-72(56)88-80(60)78(58)86)64(46-82)73(83-65-29-13-7-23-51(65)52-24-8-14-30-66(52)83)75(63)85-69-41-35-49(47-19-3-1-4-20-47)43-61(69)57-37-39-59-55-27-11-17-33-71(55)87-79(59)77(57)85/h1-44H/i7D,8D,9D,10D,13D,14D,15D,16D,23D,24D,25D,26D,29D,30D,31D,32D. The predicted molar refractivity (Wildman–Crippen MR) is 370 cm³/mol. The van der Waals surface area contributed by atoms with Crippen LogP contribution in [0.1, 0.15) is 33.1 Å². The second-order valence-electron chi connectivity index (χ2n) is 21.7. The fraction of sp³-hybridized carbons (Fsp3) is 0. The van der Waals surface area contributed by atoms with Crippen LogP contribution in [0, 0.1) is 22.7 Å². The molecule has 0 unspecified atom stereocenters. The molecular weight excluding hydrogens is 1110 g/mol. The van der Waals surface area contributed by atoms with Gasteiger partial charge in [0.05, 0.1) is 98.2 Å². The van der Waals surface area contributed by atoms with Crippen molar-refractivity contribution in [1.29, 1.82) is 10.5 Å². The number of para-hydroxylation sites is 4. The van der Waals surface area contributed by atoms with Crippen LogP contribution in [0.2, 0.25) is 0 Å². The summed E-state index contributed by atoms with van der Waals surface area (Å²) in [6.45, 7) is 0. The normalized spacial score (nSPS) is 14.6. The molecule has 0 amide bonds. The molecule has 0 fully saturated rings. The number of hydrogen-bond donors (Lipinski definition) is 0. The van der Waals surface area contributed by atoms with Crippen molar-refractivity contribution in [1.82, 2.24) is 18.3 Å². The summed E-state index contributed by atoms with van der Waals surface area (Å²) in [5.41, 5.74) is 1.25. The molecule has 0 aliphatic heterocycles.